The van der Waals surface area contributed by atoms with Crippen LogP contribution in [0.25, 0.3) is 0 Å². The standard InChI is InChI=1S/C23H37N3O7/c1-2-32-22(30)17-16-6-7-23(33-16)18(17)21(29)26(9-4-3-5-13-27)19(23)20(28)24-8-10-25-11-14-31-15-12-25/h16-19,27H,2-15H2,1H3,(H,24,28)/t16-,17+,18+,19-,23+/m0/s1. The van der Waals surface area contributed by atoms with Crippen molar-refractivity contribution < 1.29 is 33.7 Å². The highest BCUT2D eigenvalue weighted by molar-refractivity contribution is 5.98. The molecule has 33 heavy (non-hydrogen) atoms. The topological polar surface area (TPSA) is 118 Å². The smallest absolute Gasteiger partial charge is 0.312 e. The quantitative estimate of drug-likeness (QED) is 0.310. The van der Waals surface area contributed by atoms with Gasteiger partial charge in [-0.15, -0.1) is 0 Å². The summed E-state index contributed by atoms with van der Waals surface area (Å²) in [6.45, 7) is 6.76. The molecule has 10 nitrogen and oxygen atoms in total. The number of aliphatic hydroxyl groups is 1. The van der Waals surface area contributed by atoms with E-state index >= 15 is 0 Å². The van der Waals surface area contributed by atoms with E-state index in [0.717, 1.165) is 26.1 Å². The van der Waals surface area contributed by atoms with Crippen LogP contribution in [0, 0.1) is 11.8 Å². The number of likely N-dealkylation sites (tertiary alicyclic amines) is 1. The molecule has 2 amide bonds. The molecule has 0 unspecified atom stereocenters. The number of ether oxygens (including phenoxy) is 3. The Morgan fingerprint density at radius 3 is 2.73 bits per heavy atom. The number of fused-ring (bicyclic) bond motifs is 1. The fourth-order valence-corrected chi connectivity index (χ4v) is 6.03. The van der Waals surface area contributed by atoms with Gasteiger partial charge >= 0.3 is 5.97 Å². The molecule has 186 valence electrons. The summed E-state index contributed by atoms with van der Waals surface area (Å²) in [5.74, 6) is -2.14. The third kappa shape index (κ3) is 4.62. The van der Waals surface area contributed by atoms with Crippen LogP contribution in [-0.2, 0) is 28.6 Å². The van der Waals surface area contributed by atoms with Crippen molar-refractivity contribution in [2.75, 3.05) is 59.2 Å². The molecule has 5 atom stereocenters. The maximum atomic E-state index is 13.6. The third-order valence-electron chi connectivity index (χ3n) is 7.50. The summed E-state index contributed by atoms with van der Waals surface area (Å²) in [6, 6.07) is -0.752. The summed E-state index contributed by atoms with van der Waals surface area (Å²) >= 11 is 0. The van der Waals surface area contributed by atoms with Gasteiger partial charge in [0, 0.05) is 39.3 Å². The second kappa shape index (κ2) is 10.7. The fraction of sp³-hybridized carbons (Fsp3) is 0.870. The Morgan fingerprint density at radius 1 is 1.21 bits per heavy atom. The Kier molecular flexibility index (Phi) is 7.88. The molecule has 0 aromatic rings. The van der Waals surface area contributed by atoms with Crippen LogP contribution < -0.4 is 5.32 Å². The van der Waals surface area contributed by atoms with Gasteiger partial charge in [-0.1, -0.05) is 0 Å². The minimum atomic E-state index is -0.973. The molecule has 2 N–H and O–H groups in total. The van der Waals surface area contributed by atoms with Crippen molar-refractivity contribution in [3.8, 4) is 0 Å². The van der Waals surface area contributed by atoms with Crippen molar-refractivity contribution in [1.82, 2.24) is 15.1 Å². The van der Waals surface area contributed by atoms with Gasteiger partial charge in [0.1, 0.15) is 11.6 Å². The number of morpholine rings is 1. The molecule has 0 radical (unpaired) electrons. The summed E-state index contributed by atoms with van der Waals surface area (Å²) in [6.07, 6.45) is 2.94. The van der Waals surface area contributed by atoms with Crippen LogP contribution in [0.5, 0.6) is 0 Å². The number of carbonyl (C=O) groups is 3. The SMILES string of the molecule is CCOC(=O)[C@@H]1[C@@H]2CC[C@]3(O2)[C@H](C(=O)NCCN2CCOCC2)N(CCCCCO)C(=O)[C@@H]13. The van der Waals surface area contributed by atoms with Crippen LogP contribution in [0.1, 0.15) is 39.0 Å². The lowest BCUT2D eigenvalue weighted by molar-refractivity contribution is -0.154. The largest absolute Gasteiger partial charge is 0.466 e. The number of nitrogens with one attached hydrogen (secondary N) is 1. The molecule has 0 aromatic carbocycles. The molecule has 0 saturated carbocycles. The molecule has 0 aliphatic carbocycles. The molecule has 4 saturated heterocycles. The predicted octanol–water partition coefficient (Wildman–Crippen LogP) is -0.465. The number of esters is 1. The van der Waals surface area contributed by atoms with Gasteiger partial charge < -0.3 is 29.5 Å². The minimum Gasteiger partial charge on any atom is -0.466 e. The zero-order valence-electron chi connectivity index (χ0n) is 19.5. The summed E-state index contributed by atoms with van der Waals surface area (Å²) in [5, 5.41) is 12.1. The minimum absolute atomic E-state index is 0.0989. The average molecular weight is 468 g/mol. The molecule has 10 heteroatoms. The lowest BCUT2D eigenvalue weighted by Crippen LogP contribution is -2.56. The molecule has 4 aliphatic heterocycles. The molecule has 4 fully saturated rings. The summed E-state index contributed by atoms with van der Waals surface area (Å²) < 4.78 is 17.0. The van der Waals surface area contributed by atoms with Gasteiger partial charge in [-0.25, -0.2) is 0 Å². The number of hydrogen-bond acceptors (Lipinski definition) is 8. The Bertz CT molecular complexity index is 729. The Balaban J connectivity index is 1.49. The first-order valence-electron chi connectivity index (χ1n) is 12.4. The number of nitrogens with zero attached hydrogens (tertiary/aromatic N) is 2. The number of hydrogen-bond donors (Lipinski definition) is 2. The second-order valence-corrected chi connectivity index (χ2v) is 9.37. The van der Waals surface area contributed by atoms with Crippen LogP contribution in [0.2, 0.25) is 0 Å². The normalized spacial score (nSPS) is 33.4. The van der Waals surface area contributed by atoms with Gasteiger partial charge in [-0.3, -0.25) is 19.3 Å². The first-order valence-corrected chi connectivity index (χ1v) is 12.4. The van der Waals surface area contributed by atoms with Crippen LogP contribution in [-0.4, -0.2) is 110 Å². The highest BCUT2D eigenvalue weighted by Crippen LogP contribution is 2.58. The first-order chi connectivity index (χ1) is 16.0. The van der Waals surface area contributed by atoms with Crippen molar-refractivity contribution in [3.05, 3.63) is 0 Å². The van der Waals surface area contributed by atoms with Gasteiger partial charge in [0.2, 0.25) is 11.8 Å². The highest BCUT2D eigenvalue weighted by atomic mass is 16.6. The third-order valence-corrected chi connectivity index (χ3v) is 7.50. The molecular formula is C23H37N3O7. The second-order valence-electron chi connectivity index (χ2n) is 9.37. The predicted molar refractivity (Wildman–Crippen MR) is 117 cm³/mol. The van der Waals surface area contributed by atoms with Crippen LogP contribution in [0.15, 0.2) is 0 Å². The average Bonchev–Trinajstić information content (AvgIpc) is 3.45. The summed E-state index contributed by atoms with van der Waals surface area (Å²) in [5.41, 5.74) is -0.973. The van der Waals surface area contributed by atoms with Crippen molar-refractivity contribution in [2.45, 2.75) is 56.8 Å². The number of unbranched alkanes of at least 4 members (excludes halogenated alkanes) is 2. The van der Waals surface area contributed by atoms with E-state index in [2.05, 4.69) is 10.2 Å². The molecule has 1 spiro atoms. The van der Waals surface area contributed by atoms with E-state index < -0.39 is 29.4 Å². The van der Waals surface area contributed by atoms with E-state index in [1.165, 1.54) is 0 Å². The Morgan fingerprint density at radius 2 is 2.00 bits per heavy atom. The van der Waals surface area contributed by atoms with Crippen molar-refractivity contribution >= 4 is 17.8 Å². The van der Waals surface area contributed by atoms with Gasteiger partial charge in [0.05, 0.1) is 37.8 Å². The van der Waals surface area contributed by atoms with E-state index in [1.807, 2.05) is 0 Å². The van der Waals surface area contributed by atoms with E-state index in [-0.39, 0.29) is 31.1 Å². The van der Waals surface area contributed by atoms with E-state index in [0.29, 0.717) is 52.0 Å². The molecule has 0 aromatic heterocycles. The zero-order valence-corrected chi connectivity index (χ0v) is 19.5. The number of aliphatic hydroxyl groups excluding tert-OH is 1. The summed E-state index contributed by atoms with van der Waals surface area (Å²) in [7, 11) is 0. The zero-order chi connectivity index (χ0) is 23.4. The monoisotopic (exact) mass is 467 g/mol. The number of amides is 2. The Labute approximate surface area is 194 Å². The fourth-order valence-electron chi connectivity index (χ4n) is 6.03. The van der Waals surface area contributed by atoms with Gasteiger partial charge in [-0.2, -0.15) is 0 Å². The van der Waals surface area contributed by atoms with Gasteiger partial charge in [0.15, 0.2) is 0 Å². The van der Waals surface area contributed by atoms with Crippen LogP contribution in [0.4, 0.5) is 0 Å². The number of rotatable bonds is 11. The van der Waals surface area contributed by atoms with E-state index in [9.17, 15) is 14.4 Å². The van der Waals surface area contributed by atoms with Crippen molar-refractivity contribution in [1.29, 1.82) is 0 Å². The lowest BCUT2D eigenvalue weighted by Gasteiger charge is -2.34. The number of carbonyl (C=O) groups excluding carboxylic acids is 3. The molecule has 4 aliphatic rings. The molecular weight excluding hydrogens is 430 g/mol. The molecule has 2 bridgehead atoms. The van der Waals surface area contributed by atoms with Crippen LogP contribution >= 0.6 is 0 Å². The molecule has 4 heterocycles. The summed E-state index contributed by atoms with van der Waals surface area (Å²) in [4.78, 5) is 43.7. The van der Waals surface area contributed by atoms with Gasteiger partial charge in [-0.05, 0) is 39.0 Å². The first kappa shape index (κ1) is 24.4. The van der Waals surface area contributed by atoms with E-state index in [1.54, 1.807) is 11.8 Å². The Hall–Kier alpha value is -1.75. The van der Waals surface area contributed by atoms with E-state index in [4.69, 9.17) is 19.3 Å². The van der Waals surface area contributed by atoms with Crippen LogP contribution in [0.3, 0.4) is 0 Å². The lowest BCUT2D eigenvalue weighted by atomic mass is 9.71. The van der Waals surface area contributed by atoms with Crippen molar-refractivity contribution in [3.63, 3.8) is 0 Å². The highest BCUT2D eigenvalue weighted by Gasteiger charge is 2.74. The van der Waals surface area contributed by atoms with Gasteiger partial charge in [0.25, 0.3) is 0 Å². The maximum absolute atomic E-state index is 13.6. The van der Waals surface area contributed by atoms with Crippen molar-refractivity contribution in [2.24, 2.45) is 11.8 Å². The molecule has 4 rings (SSSR count). The maximum Gasteiger partial charge on any atom is 0.312 e.